The number of aliphatic hydroxyl groups excluding tert-OH is 4. The molecule has 19 heteroatoms. The zero-order valence-electron chi connectivity index (χ0n) is 19.9. The van der Waals surface area contributed by atoms with Crippen molar-refractivity contribution >= 4 is 34.1 Å². The third-order valence-corrected chi connectivity index (χ3v) is 6.43. The van der Waals surface area contributed by atoms with E-state index >= 15 is 0 Å². The number of nitrogens with two attached hydrogens (primary N) is 2. The van der Waals surface area contributed by atoms with E-state index in [0.717, 1.165) is 17.2 Å². The number of hydrogen-bond donors (Lipinski definition) is 6. The van der Waals surface area contributed by atoms with E-state index in [1.807, 2.05) is 0 Å². The highest BCUT2D eigenvalue weighted by Gasteiger charge is 2.57. The second kappa shape index (κ2) is 10.0. The standard InChI is InChI=1S/C10H12FN5O4.C10H12FN5O3/c11-10(7(19)6(18)4(1-17)20-10)16-3-15-5-8(12)13-2-14-9(5)16;11-16-9-7(8(18)14-10(16)12)13-4-15(9)6-2-1-5(3-17)19-6/h2-4,6-7,17-19H,1H2,(H2,12,13,14);4-6,17H,1-3H2,(H2,12,14,18)/t4-,6-,7-,10+;5-,6+/m10/s1. The van der Waals surface area contributed by atoms with Crippen LogP contribution in [0.25, 0.3) is 22.3 Å². The molecule has 0 aliphatic carbocycles. The summed E-state index contributed by atoms with van der Waals surface area (Å²) in [4.78, 5) is 30.3. The molecule has 210 valence electrons. The Labute approximate surface area is 215 Å². The van der Waals surface area contributed by atoms with Gasteiger partial charge in [-0.05, 0) is 12.8 Å². The molecule has 8 N–H and O–H groups in total. The summed E-state index contributed by atoms with van der Waals surface area (Å²) < 4.78 is 41.5. The van der Waals surface area contributed by atoms with Gasteiger partial charge in [-0.1, -0.05) is 4.48 Å². The molecule has 0 saturated carbocycles. The third kappa shape index (κ3) is 4.33. The number of fused-ring (bicyclic) bond motifs is 2. The van der Waals surface area contributed by atoms with E-state index in [9.17, 15) is 23.9 Å². The Morgan fingerprint density at radius 2 is 1.82 bits per heavy atom. The second-order valence-corrected chi connectivity index (χ2v) is 8.78. The predicted octanol–water partition coefficient (Wildman–Crippen LogP) is -2.32. The number of aromatic nitrogens is 8. The largest absolute Gasteiger partial charge is 0.394 e. The van der Waals surface area contributed by atoms with Crippen LogP contribution in [0, 0.1) is 0 Å². The van der Waals surface area contributed by atoms with Gasteiger partial charge in [0.05, 0.1) is 25.6 Å². The Balaban J connectivity index is 0.000000158. The van der Waals surface area contributed by atoms with Crippen molar-refractivity contribution in [3.8, 4) is 0 Å². The maximum absolute atomic E-state index is 14.9. The number of nitrogen functional groups attached to an aromatic ring is 2. The molecular weight excluding hydrogens is 530 g/mol. The van der Waals surface area contributed by atoms with Gasteiger partial charge in [-0.15, -0.1) is 4.79 Å². The molecule has 2 fully saturated rings. The fourth-order valence-corrected chi connectivity index (χ4v) is 4.43. The van der Waals surface area contributed by atoms with E-state index in [2.05, 4.69) is 24.9 Å². The van der Waals surface area contributed by atoms with Crippen LogP contribution < -0.4 is 17.0 Å². The summed E-state index contributed by atoms with van der Waals surface area (Å²) in [5, 5.41) is 37.5. The summed E-state index contributed by atoms with van der Waals surface area (Å²) in [5.74, 6) is -3.29. The van der Waals surface area contributed by atoms with Crippen LogP contribution in [-0.4, -0.2) is 96.9 Å². The Bertz CT molecular complexity index is 1560. The number of hydrogen-bond acceptors (Lipinski definition) is 14. The molecule has 2 aliphatic heterocycles. The van der Waals surface area contributed by atoms with Crippen LogP contribution in [0.1, 0.15) is 19.1 Å². The molecule has 0 aromatic carbocycles. The number of aliphatic hydroxyl groups is 4. The average molecular weight is 554 g/mol. The molecule has 4 aromatic heterocycles. The lowest BCUT2D eigenvalue weighted by molar-refractivity contribution is -0.235. The molecule has 0 spiro atoms. The molecule has 0 amide bonds. The molecule has 6 atom stereocenters. The summed E-state index contributed by atoms with van der Waals surface area (Å²) >= 11 is 0. The normalized spacial score (nSPS) is 28.7. The van der Waals surface area contributed by atoms with Gasteiger partial charge in [-0.2, -0.15) is 9.37 Å². The lowest BCUT2D eigenvalue weighted by atomic mass is 10.1. The lowest BCUT2D eigenvalue weighted by Crippen LogP contribution is -2.41. The fraction of sp³-hybridized carbons (Fsp3) is 0.500. The first kappa shape index (κ1) is 26.7. The van der Waals surface area contributed by atoms with E-state index in [1.165, 1.54) is 10.9 Å². The van der Waals surface area contributed by atoms with Gasteiger partial charge in [0.1, 0.15) is 36.6 Å². The van der Waals surface area contributed by atoms with Crippen molar-refractivity contribution in [1.82, 2.24) is 38.8 Å². The summed E-state index contributed by atoms with van der Waals surface area (Å²) in [6.07, 6.45) is -0.821. The number of nitrogens with zero attached hydrogens (tertiary/aromatic N) is 8. The van der Waals surface area contributed by atoms with Crippen molar-refractivity contribution in [3.05, 3.63) is 29.3 Å². The highest BCUT2D eigenvalue weighted by molar-refractivity contribution is 5.81. The Morgan fingerprint density at radius 1 is 1.08 bits per heavy atom. The van der Waals surface area contributed by atoms with Crippen molar-refractivity contribution in [2.45, 2.75) is 49.5 Å². The number of halogens is 2. The molecular formula is C20H24F2N10O7. The van der Waals surface area contributed by atoms with Crippen molar-refractivity contribution in [2.24, 2.45) is 0 Å². The molecule has 4 aromatic rings. The fourth-order valence-electron chi connectivity index (χ4n) is 4.43. The van der Waals surface area contributed by atoms with Gasteiger partial charge in [0.25, 0.3) is 0 Å². The molecule has 0 bridgehead atoms. The molecule has 6 rings (SSSR count). The molecule has 0 radical (unpaired) electrons. The maximum atomic E-state index is 14.9. The summed E-state index contributed by atoms with van der Waals surface area (Å²) in [6, 6.07) is 0. The minimum Gasteiger partial charge on any atom is -0.394 e. The molecule has 2 aliphatic rings. The van der Waals surface area contributed by atoms with Crippen LogP contribution in [0.4, 0.5) is 20.6 Å². The Morgan fingerprint density at radius 3 is 2.49 bits per heavy atom. The number of imidazole rings is 2. The van der Waals surface area contributed by atoms with Gasteiger partial charge in [-0.25, -0.2) is 19.9 Å². The topological polar surface area (TPSA) is 248 Å². The van der Waals surface area contributed by atoms with Crippen LogP contribution in [0.3, 0.4) is 0 Å². The highest BCUT2D eigenvalue weighted by atomic mass is 19.2. The quantitative estimate of drug-likeness (QED) is 0.155. The van der Waals surface area contributed by atoms with Gasteiger partial charge in [-0.3, -0.25) is 13.9 Å². The number of anilines is 2. The van der Waals surface area contributed by atoms with Crippen LogP contribution in [0.5, 0.6) is 0 Å². The number of ether oxygens (including phenoxy) is 2. The Hall–Kier alpha value is -3.88. The third-order valence-electron chi connectivity index (χ3n) is 6.43. The zero-order valence-corrected chi connectivity index (χ0v) is 19.9. The van der Waals surface area contributed by atoms with E-state index in [0.29, 0.717) is 12.8 Å². The van der Waals surface area contributed by atoms with Crippen LogP contribution in [0.2, 0.25) is 0 Å². The van der Waals surface area contributed by atoms with E-state index in [1.54, 1.807) is 0 Å². The molecule has 39 heavy (non-hydrogen) atoms. The van der Waals surface area contributed by atoms with Gasteiger partial charge in [0.15, 0.2) is 28.7 Å². The molecule has 0 unspecified atom stereocenters. The lowest BCUT2D eigenvalue weighted by Gasteiger charge is -2.24. The van der Waals surface area contributed by atoms with E-state index < -0.39 is 48.6 Å². The Kier molecular flexibility index (Phi) is 6.86. The van der Waals surface area contributed by atoms with Crippen LogP contribution in [-0.2, 0) is 15.5 Å². The van der Waals surface area contributed by atoms with Gasteiger partial charge >= 0.3 is 11.5 Å². The SMILES string of the molecule is Nc1nc(=O)c2ncn([C@H]3CC[C@@H](CO)O3)c2n1F.Nc1ncnc2c1ncn2[C@]1(F)O[C@H](CO)[C@@H](O)[C@H]1O. The first-order valence-corrected chi connectivity index (χ1v) is 11.6. The monoisotopic (exact) mass is 554 g/mol. The van der Waals surface area contributed by atoms with E-state index in [-0.39, 0.29) is 45.6 Å². The molecule has 6 heterocycles. The zero-order chi connectivity index (χ0) is 28.1. The van der Waals surface area contributed by atoms with Crippen LogP contribution in [0.15, 0.2) is 23.8 Å². The summed E-state index contributed by atoms with van der Waals surface area (Å²) in [6.45, 7) is -0.747. The van der Waals surface area contributed by atoms with Gasteiger partial charge in [0, 0.05) is 0 Å². The number of rotatable bonds is 4. The van der Waals surface area contributed by atoms with Crippen molar-refractivity contribution in [2.75, 3.05) is 24.7 Å². The summed E-state index contributed by atoms with van der Waals surface area (Å²) in [5.41, 5.74) is 10.2. The minimum absolute atomic E-state index is 0.00448. The van der Waals surface area contributed by atoms with Crippen molar-refractivity contribution in [1.29, 1.82) is 0 Å². The van der Waals surface area contributed by atoms with Gasteiger partial charge < -0.3 is 41.4 Å². The minimum atomic E-state index is -2.80. The van der Waals surface area contributed by atoms with Crippen LogP contribution >= 0.6 is 0 Å². The predicted molar refractivity (Wildman–Crippen MR) is 126 cm³/mol. The first-order chi connectivity index (χ1) is 18.6. The van der Waals surface area contributed by atoms with Gasteiger partial charge in [0.2, 0.25) is 5.95 Å². The number of alkyl halides is 1. The first-order valence-electron chi connectivity index (χ1n) is 11.6. The van der Waals surface area contributed by atoms with E-state index in [4.69, 9.17) is 31.2 Å². The van der Waals surface area contributed by atoms with Crippen molar-refractivity contribution < 1.29 is 38.8 Å². The second-order valence-electron chi connectivity index (χ2n) is 8.78. The smallest absolute Gasteiger partial charge is 0.325 e. The average Bonchev–Trinajstić information content (AvgIpc) is 3.70. The van der Waals surface area contributed by atoms with Crippen molar-refractivity contribution in [3.63, 3.8) is 0 Å². The summed E-state index contributed by atoms with van der Waals surface area (Å²) in [7, 11) is 0. The molecule has 17 nitrogen and oxygen atoms in total. The highest BCUT2D eigenvalue weighted by Crippen LogP contribution is 2.38. The molecule has 2 saturated heterocycles. The maximum Gasteiger partial charge on any atom is 0.325 e.